The van der Waals surface area contributed by atoms with Gasteiger partial charge in [-0.15, -0.1) is 0 Å². The standard InChI is InChI=1S/C13H25NO3S/c1-13(15)7-9-14(10-8-13)18(16,17)11-12-5-3-2-4-6-12/h12,15H,2-11H2,1H3. The maximum Gasteiger partial charge on any atom is 0.214 e. The first-order valence-electron chi connectivity index (χ1n) is 7.09. The molecule has 0 spiro atoms. The third-order valence-electron chi connectivity index (χ3n) is 4.36. The molecule has 2 fully saturated rings. The predicted molar refractivity (Wildman–Crippen MR) is 71.8 cm³/mol. The second kappa shape index (κ2) is 5.47. The minimum atomic E-state index is -3.11. The van der Waals surface area contributed by atoms with Gasteiger partial charge in [-0.1, -0.05) is 19.3 Å². The lowest BCUT2D eigenvalue weighted by molar-refractivity contribution is 0.0125. The molecule has 0 unspecified atom stereocenters. The second-order valence-corrected chi connectivity index (χ2v) is 8.19. The number of hydrogen-bond donors (Lipinski definition) is 1. The molecule has 0 aromatic carbocycles. The Hall–Kier alpha value is -0.130. The molecule has 2 aliphatic rings. The molecule has 1 aliphatic heterocycles. The predicted octanol–water partition coefficient (Wildman–Crippen LogP) is 1.74. The SMILES string of the molecule is CC1(O)CCN(S(=O)(=O)CC2CCCCC2)CC1. The summed E-state index contributed by atoms with van der Waals surface area (Å²) in [5.74, 6) is 0.668. The van der Waals surface area contributed by atoms with Gasteiger partial charge in [-0.25, -0.2) is 12.7 Å². The number of piperidine rings is 1. The smallest absolute Gasteiger partial charge is 0.214 e. The minimum Gasteiger partial charge on any atom is -0.390 e. The van der Waals surface area contributed by atoms with E-state index < -0.39 is 15.6 Å². The Morgan fingerprint density at radius 2 is 1.72 bits per heavy atom. The van der Waals surface area contributed by atoms with E-state index in [2.05, 4.69) is 0 Å². The summed E-state index contributed by atoms with van der Waals surface area (Å²) in [6.07, 6.45) is 6.83. The first kappa shape index (κ1) is 14.3. The third-order valence-corrected chi connectivity index (χ3v) is 6.41. The van der Waals surface area contributed by atoms with Crippen LogP contribution in [0.5, 0.6) is 0 Å². The summed E-state index contributed by atoms with van der Waals surface area (Å²) in [5, 5.41) is 9.86. The van der Waals surface area contributed by atoms with E-state index >= 15 is 0 Å². The van der Waals surface area contributed by atoms with Gasteiger partial charge in [-0.2, -0.15) is 0 Å². The monoisotopic (exact) mass is 275 g/mol. The fourth-order valence-electron chi connectivity index (χ4n) is 3.00. The van der Waals surface area contributed by atoms with Crippen molar-refractivity contribution in [3.8, 4) is 0 Å². The maximum absolute atomic E-state index is 12.3. The topological polar surface area (TPSA) is 57.6 Å². The van der Waals surface area contributed by atoms with Crippen LogP contribution in [0.4, 0.5) is 0 Å². The molecule has 1 N–H and O–H groups in total. The van der Waals surface area contributed by atoms with Crippen LogP contribution in [0.1, 0.15) is 51.9 Å². The number of nitrogens with zero attached hydrogens (tertiary/aromatic N) is 1. The van der Waals surface area contributed by atoms with Crippen LogP contribution in [0.2, 0.25) is 0 Å². The summed E-state index contributed by atoms with van der Waals surface area (Å²) in [5.41, 5.74) is -0.684. The van der Waals surface area contributed by atoms with Gasteiger partial charge in [0.05, 0.1) is 11.4 Å². The molecule has 18 heavy (non-hydrogen) atoms. The lowest BCUT2D eigenvalue weighted by Crippen LogP contribution is -2.46. The van der Waals surface area contributed by atoms with Gasteiger partial charge in [-0.05, 0) is 38.5 Å². The van der Waals surface area contributed by atoms with Crippen LogP contribution >= 0.6 is 0 Å². The van der Waals surface area contributed by atoms with Crippen LogP contribution in [0.3, 0.4) is 0 Å². The highest BCUT2D eigenvalue weighted by Gasteiger charge is 2.34. The fourth-order valence-corrected chi connectivity index (χ4v) is 4.88. The van der Waals surface area contributed by atoms with Gasteiger partial charge in [-0.3, -0.25) is 0 Å². The number of rotatable bonds is 3. The molecule has 0 amide bonds. The molecule has 2 rings (SSSR count). The zero-order valence-electron chi connectivity index (χ0n) is 11.3. The van der Waals surface area contributed by atoms with E-state index in [0.29, 0.717) is 37.6 Å². The Morgan fingerprint density at radius 1 is 1.17 bits per heavy atom. The van der Waals surface area contributed by atoms with Gasteiger partial charge in [0, 0.05) is 13.1 Å². The van der Waals surface area contributed by atoms with Crippen LogP contribution < -0.4 is 0 Å². The van der Waals surface area contributed by atoms with E-state index in [1.165, 1.54) is 19.3 Å². The van der Waals surface area contributed by atoms with Crippen molar-refractivity contribution in [3.63, 3.8) is 0 Å². The third kappa shape index (κ3) is 3.68. The van der Waals surface area contributed by atoms with Crippen molar-refractivity contribution >= 4 is 10.0 Å². The van der Waals surface area contributed by atoms with Gasteiger partial charge in [0.25, 0.3) is 0 Å². The summed E-state index contributed by atoms with van der Waals surface area (Å²) in [6.45, 7) is 2.74. The van der Waals surface area contributed by atoms with Gasteiger partial charge < -0.3 is 5.11 Å². The molecule has 5 heteroatoms. The second-order valence-electron chi connectivity index (χ2n) is 6.18. The van der Waals surface area contributed by atoms with Crippen molar-refractivity contribution in [2.45, 2.75) is 57.5 Å². The first-order valence-corrected chi connectivity index (χ1v) is 8.70. The molecule has 1 aliphatic carbocycles. The van der Waals surface area contributed by atoms with Crippen LogP contribution in [-0.2, 0) is 10.0 Å². The largest absolute Gasteiger partial charge is 0.390 e. The van der Waals surface area contributed by atoms with Crippen LogP contribution in [0, 0.1) is 5.92 Å². The average molecular weight is 275 g/mol. The quantitative estimate of drug-likeness (QED) is 0.853. The molecule has 1 saturated heterocycles. The molecular weight excluding hydrogens is 250 g/mol. The summed E-state index contributed by atoms with van der Waals surface area (Å²) in [4.78, 5) is 0. The molecule has 106 valence electrons. The van der Waals surface area contributed by atoms with Crippen molar-refractivity contribution in [2.24, 2.45) is 5.92 Å². The summed E-state index contributed by atoms with van der Waals surface area (Å²) in [6, 6.07) is 0. The molecule has 1 heterocycles. The summed E-state index contributed by atoms with van der Waals surface area (Å²) >= 11 is 0. The molecule has 0 aromatic heterocycles. The normalized spacial score (nSPS) is 27.2. The molecular formula is C13H25NO3S. The molecule has 0 aromatic rings. The highest BCUT2D eigenvalue weighted by atomic mass is 32.2. The van der Waals surface area contributed by atoms with Crippen molar-refractivity contribution in [1.29, 1.82) is 0 Å². The number of hydrogen-bond acceptors (Lipinski definition) is 3. The minimum absolute atomic E-state index is 0.315. The van der Waals surface area contributed by atoms with Crippen LogP contribution in [0.25, 0.3) is 0 Å². The van der Waals surface area contributed by atoms with Gasteiger partial charge in [0.2, 0.25) is 10.0 Å². The van der Waals surface area contributed by atoms with Crippen molar-refractivity contribution in [3.05, 3.63) is 0 Å². The Balaban J connectivity index is 1.90. The van der Waals surface area contributed by atoms with Crippen molar-refractivity contribution in [2.75, 3.05) is 18.8 Å². The van der Waals surface area contributed by atoms with Crippen molar-refractivity contribution < 1.29 is 13.5 Å². The first-order chi connectivity index (χ1) is 8.39. The highest BCUT2D eigenvalue weighted by molar-refractivity contribution is 7.89. The van der Waals surface area contributed by atoms with E-state index in [-0.39, 0.29) is 0 Å². The Labute approximate surface area is 110 Å². The molecule has 0 radical (unpaired) electrons. The molecule has 1 saturated carbocycles. The molecule has 0 bridgehead atoms. The molecule has 0 atom stereocenters. The van der Waals surface area contributed by atoms with E-state index in [4.69, 9.17) is 0 Å². The summed E-state index contributed by atoms with van der Waals surface area (Å²) < 4.78 is 26.2. The van der Waals surface area contributed by atoms with E-state index in [9.17, 15) is 13.5 Å². The van der Waals surface area contributed by atoms with E-state index in [0.717, 1.165) is 12.8 Å². The van der Waals surface area contributed by atoms with Gasteiger partial charge >= 0.3 is 0 Å². The van der Waals surface area contributed by atoms with E-state index in [1.807, 2.05) is 0 Å². The lowest BCUT2D eigenvalue weighted by atomic mass is 9.91. The van der Waals surface area contributed by atoms with Crippen molar-refractivity contribution in [1.82, 2.24) is 4.31 Å². The van der Waals surface area contributed by atoms with Gasteiger partial charge in [0.1, 0.15) is 0 Å². The fraction of sp³-hybridized carbons (Fsp3) is 1.00. The Morgan fingerprint density at radius 3 is 2.28 bits per heavy atom. The van der Waals surface area contributed by atoms with E-state index in [1.54, 1.807) is 11.2 Å². The van der Waals surface area contributed by atoms with Gasteiger partial charge in [0.15, 0.2) is 0 Å². The lowest BCUT2D eigenvalue weighted by Gasteiger charge is -2.36. The highest BCUT2D eigenvalue weighted by Crippen LogP contribution is 2.28. The Bertz CT molecular complexity index is 362. The zero-order chi connectivity index (χ0) is 13.2. The van der Waals surface area contributed by atoms with Crippen LogP contribution in [-0.4, -0.2) is 42.3 Å². The molecule has 4 nitrogen and oxygen atoms in total. The maximum atomic E-state index is 12.3. The summed E-state index contributed by atoms with van der Waals surface area (Å²) in [7, 11) is -3.11. The number of sulfonamides is 1. The van der Waals surface area contributed by atoms with Crippen LogP contribution in [0.15, 0.2) is 0 Å². The average Bonchev–Trinajstić information content (AvgIpc) is 2.29. The zero-order valence-corrected chi connectivity index (χ0v) is 12.1. The number of aliphatic hydroxyl groups is 1. The Kier molecular flexibility index (Phi) is 4.34.